The Kier molecular flexibility index (Phi) is 5.92. The van der Waals surface area contributed by atoms with E-state index < -0.39 is 6.04 Å². The first-order valence-electron chi connectivity index (χ1n) is 11.3. The molecule has 0 aliphatic rings. The van der Waals surface area contributed by atoms with E-state index in [9.17, 15) is 9.90 Å². The largest absolute Gasteiger partial charge is 0.508 e. The Balaban J connectivity index is 1.62. The van der Waals surface area contributed by atoms with E-state index in [2.05, 4.69) is 15.3 Å². The maximum absolute atomic E-state index is 13.6. The lowest BCUT2D eigenvalue weighted by Gasteiger charge is -2.20. The van der Waals surface area contributed by atoms with Gasteiger partial charge in [0.05, 0.1) is 28.3 Å². The molecule has 1 unspecified atom stereocenters. The lowest BCUT2D eigenvalue weighted by molar-refractivity contribution is 0.475. The number of aromatic nitrogens is 2. The van der Waals surface area contributed by atoms with Crippen molar-refractivity contribution < 1.29 is 9.52 Å². The van der Waals surface area contributed by atoms with Gasteiger partial charge in [0.25, 0.3) is 0 Å². The number of phenolic OH excluding ortho intramolecular Hbond substituents is 1. The van der Waals surface area contributed by atoms with E-state index in [1.165, 1.54) is 18.5 Å². The van der Waals surface area contributed by atoms with Gasteiger partial charge in [0.2, 0.25) is 5.43 Å². The first kappa shape index (κ1) is 22.8. The molecule has 1 atom stereocenters. The average molecular weight is 478 g/mol. The molecule has 5 N–H and O–H groups in total. The number of hydrogen-bond acceptors (Lipinski definition) is 8. The van der Waals surface area contributed by atoms with Crippen LogP contribution in [0.4, 0.5) is 11.6 Å². The molecule has 0 saturated heterocycles. The first-order chi connectivity index (χ1) is 17.4. The number of nitrogens with two attached hydrogens (primary N) is 1. The van der Waals surface area contributed by atoms with E-state index in [0.717, 1.165) is 5.56 Å². The third kappa shape index (κ3) is 4.16. The highest BCUT2D eigenvalue weighted by Crippen LogP contribution is 2.32. The number of nitrogens with one attached hydrogen (secondary N) is 2. The van der Waals surface area contributed by atoms with Gasteiger partial charge in [-0.05, 0) is 36.8 Å². The van der Waals surface area contributed by atoms with Crippen molar-refractivity contribution in [2.24, 2.45) is 0 Å². The lowest BCUT2D eigenvalue weighted by atomic mass is 9.98. The van der Waals surface area contributed by atoms with Gasteiger partial charge < -0.3 is 20.6 Å². The summed E-state index contributed by atoms with van der Waals surface area (Å²) in [4.78, 5) is 22.0. The standard InChI is InChI=1S/C28H23N5O3/c1-16(33-28-23(27(30)31-15-32-28)24(29)18-10-7-11-19(34)14-18)26-22(17-8-3-2-4-9-17)25(35)20-12-5-6-13-21(20)36-26/h2-16,29,34H,1H3,(H3,30,31,32,33). The molecule has 0 radical (unpaired) electrons. The Morgan fingerprint density at radius 1 is 1.03 bits per heavy atom. The minimum Gasteiger partial charge on any atom is -0.508 e. The zero-order valence-electron chi connectivity index (χ0n) is 19.4. The minimum atomic E-state index is -0.525. The van der Waals surface area contributed by atoms with Crippen LogP contribution in [0, 0.1) is 5.41 Å². The van der Waals surface area contributed by atoms with Crippen LogP contribution in [0.1, 0.15) is 29.9 Å². The molecule has 8 heteroatoms. The molecule has 0 saturated carbocycles. The van der Waals surface area contributed by atoms with Crippen molar-refractivity contribution in [3.63, 3.8) is 0 Å². The molecule has 0 aliphatic heterocycles. The van der Waals surface area contributed by atoms with Gasteiger partial charge in [-0.3, -0.25) is 10.2 Å². The van der Waals surface area contributed by atoms with Crippen molar-refractivity contribution in [2.75, 3.05) is 11.1 Å². The summed E-state index contributed by atoms with van der Waals surface area (Å²) in [7, 11) is 0. The molecule has 0 aliphatic carbocycles. The Morgan fingerprint density at radius 2 is 1.78 bits per heavy atom. The maximum Gasteiger partial charge on any atom is 0.200 e. The van der Waals surface area contributed by atoms with Crippen molar-refractivity contribution in [2.45, 2.75) is 13.0 Å². The molecule has 0 amide bonds. The number of anilines is 2. The van der Waals surface area contributed by atoms with Crippen LogP contribution < -0.4 is 16.5 Å². The van der Waals surface area contributed by atoms with Gasteiger partial charge in [0.1, 0.15) is 35.1 Å². The van der Waals surface area contributed by atoms with E-state index in [1.54, 1.807) is 30.3 Å². The second-order valence-electron chi connectivity index (χ2n) is 8.31. The molecule has 0 fully saturated rings. The Hall–Kier alpha value is -4.98. The molecule has 0 spiro atoms. The third-order valence-corrected chi connectivity index (χ3v) is 5.90. The van der Waals surface area contributed by atoms with Crippen LogP contribution in [-0.4, -0.2) is 20.8 Å². The predicted octanol–water partition coefficient (Wildman–Crippen LogP) is 5.13. The second-order valence-corrected chi connectivity index (χ2v) is 8.31. The summed E-state index contributed by atoms with van der Waals surface area (Å²) in [5.41, 5.74) is 8.45. The third-order valence-electron chi connectivity index (χ3n) is 5.90. The van der Waals surface area contributed by atoms with Crippen LogP contribution in [0.2, 0.25) is 0 Å². The van der Waals surface area contributed by atoms with E-state index in [4.69, 9.17) is 15.6 Å². The van der Waals surface area contributed by atoms with Crippen LogP contribution in [0.3, 0.4) is 0 Å². The molecular formula is C28H23N5O3. The summed E-state index contributed by atoms with van der Waals surface area (Å²) < 4.78 is 6.27. The van der Waals surface area contributed by atoms with Crippen LogP contribution in [0.25, 0.3) is 22.1 Å². The Labute approximate surface area is 206 Å². The molecule has 178 valence electrons. The van der Waals surface area contributed by atoms with Crippen LogP contribution in [0.15, 0.2) is 94.4 Å². The Morgan fingerprint density at radius 3 is 2.56 bits per heavy atom. The number of nitrogens with zero attached hydrogens (tertiary/aromatic N) is 2. The SMILES string of the molecule is CC(Nc1ncnc(N)c1C(=N)c1cccc(O)c1)c1oc2ccccc2c(=O)c1-c1ccccc1. The summed E-state index contributed by atoms with van der Waals surface area (Å²) in [5.74, 6) is 0.868. The van der Waals surface area contributed by atoms with E-state index in [-0.39, 0.29) is 28.3 Å². The highest BCUT2D eigenvalue weighted by atomic mass is 16.3. The van der Waals surface area contributed by atoms with Crippen LogP contribution >= 0.6 is 0 Å². The number of para-hydroxylation sites is 1. The molecule has 2 aromatic heterocycles. The van der Waals surface area contributed by atoms with Gasteiger partial charge in [-0.2, -0.15) is 0 Å². The Bertz CT molecular complexity index is 1650. The quantitative estimate of drug-likeness (QED) is 0.249. The van der Waals surface area contributed by atoms with Gasteiger partial charge in [-0.15, -0.1) is 0 Å². The van der Waals surface area contributed by atoms with Gasteiger partial charge >= 0.3 is 0 Å². The fourth-order valence-electron chi connectivity index (χ4n) is 4.17. The van der Waals surface area contributed by atoms with Crippen molar-refractivity contribution in [1.82, 2.24) is 9.97 Å². The second kappa shape index (κ2) is 9.34. The summed E-state index contributed by atoms with van der Waals surface area (Å²) in [6, 6.07) is 22.3. The smallest absolute Gasteiger partial charge is 0.200 e. The van der Waals surface area contributed by atoms with Crippen molar-refractivity contribution >= 4 is 28.3 Å². The van der Waals surface area contributed by atoms with Crippen molar-refractivity contribution in [3.05, 3.63) is 112 Å². The fourth-order valence-corrected chi connectivity index (χ4v) is 4.17. The molecule has 2 heterocycles. The zero-order chi connectivity index (χ0) is 25.2. The van der Waals surface area contributed by atoms with Gasteiger partial charge in [-0.1, -0.05) is 54.6 Å². The molecular weight excluding hydrogens is 454 g/mol. The number of aromatic hydroxyl groups is 1. The molecule has 36 heavy (non-hydrogen) atoms. The summed E-state index contributed by atoms with van der Waals surface area (Å²) in [6.07, 6.45) is 1.30. The summed E-state index contributed by atoms with van der Waals surface area (Å²) >= 11 is 0. The fraction of sp³-hybridized carbons (Fsp3) is 0.0714. The maximum atomic E-state index is 13.6. The number of hydrogen-bond donors (Lipinski definition) is 4. The number of fused-ring (bicyclic) bond motifs is 1. The highest BCUT2D eigenvalue weighted by molar-refractivity contribution is 6.16. The number of nitrogen functional groups attached to an aromatic ring is 1. The number of rotatable bonds is 6. The van der Waals surface area contributed by atoms with E-state index in [0.29, 0.717) is 33.7 Å². The number of phenols is 1. The zero-order valence-corrected chi connectivity index (χ0v) is 19.4. The van der Waals surface area contributed by atoms with E-state index >= 15 is 0 Å². The monoisotopic (exact) mass is 477 g/mol. The molecule has 8 nitrogen and oxygen atoms in total. The predicted molar refractivity (Wildman–Crippen MR) is 140 cm³/mol. The lowest BCUT2D eigenvalue weighted by Crippen LogP contribution is -2.18. The highest BCUT2D eigenvalue weighted by Gasteiger charge is 2.24. The summed E-state index contributed by atoms with van der Waals surface area (Å²) in [6.45, 7) is 1.85. The normalized spacial score (nSPS) is 11.8. The van der Waals surface area contributed by atoms with Crippen LogP contribution in [-0.2, 0) is 0 Å². The van der Waals surface area contributed by atoms with Crippen molar-refractivity contribution in [1.29, 1.82) is 5.41 Å². The topological polar surface area (TPSA) is 138 Å². The van der Waals surface area contributed by atoms with Crippen LogP contribution in [0.5, 0.6) is 5.75 Å². The molecule has 5 aromatic rings. The van der Waals surface area contributed by atoms with Crippen molar-refractivity contribution in [3.8, 4) is 16.9 Å². The number of benzene rings is 3. The average Bonchev–Trinajstić information content (AvgIpc) is 2.89. The summed E-state index contributed by atoms with van der Waals surface area (Å²) in [5, 5.41) is 22.4. The first-order valence-corrected chi connectivity index (χ1v) is 11.3. The van der Waals surface area contributed by atoms with Gasteiger partial charge in [-0.25, -0.2) is 9.97 Å². The minimum absolute atomic E-state index is 0.0287. The molecule has 0 bridgehead atoms. The molecule has 5 rings (SSSR count). The molecule has 3 aromatic carbocycles. The van der Waals surface area contributed by atoms with Gasteiger partial charge in [0.15, 0.2) is 0 Å². The van der Waals surface area contributed by atoms with Gasteiger partial charge in [0, 0.05) is 5.56 Å². The van der Waals surface area contributed by atoms with E-state index in [1.807, 2.05) is 43.3 Å².